The highest BCUT2D eigenvalue weighted by molar-refractivity contribution is 5.04. The van der Waals surface area contributed by atoms with Crippen LogP contribution in [0.25, 0.3) is 0 Å². The van der Waals surface area contributed by atoms with Gasteiger partial charge in [0.05, 0.1) is 18.9 Å². The maximum atomic E-state index is 5.37. The van der Waals surface area contributed by atoms with E-state index in [-0.39, 0.29) is 0 Å². The highest BCUT2D eigenvalue weighted by Crippen LogP contribution is 2.05. The van der Waals surface area contributed by atoms with Crippen LogP contribution in [0.2, 0.25) is 0 Å². The van der Waals surface area contributed by atoms with E-state index in [1.165, 1.54) is 5.56 Å². The standard InChI is InChI=1S/C12H18N4O/c1-9(2)16-8-11(6-15-16)5-13-7-12-14-4-10(3)17-12/h4,6,8-9,13H,5,7H2,1-3H3. The van der Waals surface area contributed by atoms with Gasteiger partial charge in [-0.3, -0.25) is 4.68 Å². The summed E-state index contributed by atoms with van der Waals surface area (Å²) in [6.07, 6.45) is 5.67. The van der Waals surface area contributed by atoms with E-state index in [1.807, 2.05) is 17.8 Å². The summed E-state index contributed by atoms with van der Waals surface area (Å²) in [6.45, 7) is 7.53. The van der Waals surface area contributed by atoms with Gasteiger partial charge < -0.3 is 9.73 Å². The molecule has 0 spiro atoms. The minimum absolute atomic E-state index is 0.401. The Morgan fingerprint density at radius 3 is 2.76 bits per heavy atom. The predicted octanol–water partition coefficient (Wildman–Crippen LogP) is 2.05. The molecule has 92 valence electrons. The molecule has 17 heavy (non-hydrogen) atoms. The Hall–Kier alpha value is -1.62. The lowest BCUT2D eigenvalue weighted by Crippen LogP contribution is -2.12. The Morgan fingerprint density at radius 1 is 1.35 bits per heavy atom. The molecule has 5 nitrogen and oxygen atoms in total. The zero-order valence-electron chi connectivity index (χ0n) is 10.5. The second-order valence-corrected chi connectivity index (χ2v) is 4.39. The molecule has 0 unspecified atom stereocenters. The topological polar surface area (TPSA) is 55.9 Å². The smallest absolute Gasteiger partial charge is 0.208 e. The molecule has 0 aromatic carbocycles. The van der Waals surface area contributed by atoms with Crippen LogP contribution in [0, 0.1) is 6.92 Å². The summed E-state index contributed by atoms with van der Waals surface area (Å²) >= 11 is 0. The van der Waals surface area contributed by atoms with E-state index in [2.05, 4.69) is 35.4 Å². The van der Waals surface area contributed by atoms with E-state index in [4.69, 9.17) is 4.42 Å². The van der Waals surface area contributed by atoms with Crippen LogP contribution >= 0.6 is 0 Å². The lowest BCUT2D eigenvalue weighted by atomic mass is 10.3. The van der Waals surface area contributed by atoms with Crippen LogP contribution in [0.4, 0.5) is 0 Å². The minimum Gasteiger partial charge on any atom is -0.445 e. The van der Waals surface area contributed by atoms with Gasteiger partial charge in [0.25, 0.3) is 0 Å². The summed E-state index contributed by atoms with van der Waals surface area (Å²) in [5, 5.41) is 7.56. The van der Waals surface area contributed by atoms with Crippen molar-refractivity contribution in [3.8, 4) is 0 Å². The molecule has 0 radical (unpaired) electrons. The Balaban J connectivity index is 1.81. The molecule has 2 rings (SSSR count). The number of nitrogens with one attached hydrogen (secondary N) is 1. The summed E-state index contributed by atoms with van der Waals surface area (Å²) in [6, 6.07) is 0.401. The van der Waals surface area contributed by atoms with Crippen LogP contribution in [-0.2, 0) is 13.1 Å². The van der Waals surface area contributed by atoms with Gasteiger partial charge in [0.1, 0.15) is 5.76 Å². The number of hydrogen-bond acceptors (Lipinski definition) is 4. The molecule has 0 amide bonds. The maximum Gasteiger partial charge on any atom is 0.208 e. The van der Waals surface area contributed by atoms with Gasteiger partial charge in [-0.2, -0.15) is 5.10 Å². The van der Waals surface area contributed by atoms with Crippen molar-refractivity contribution >= 4 is 0 Å². The summed E-state index contributed by atoms with van der Waals surface area (Å²) < 4.78 is 7.32. The molecule has 2 aromatic rings. The van der Waals surface area contributed by atoms with Crippen molar-refractivity contribution in [3.05, 3.63) is 35.8 Å². The first-order valence-electron chi connectivity index (χ1n) is 5.80. The highest BCUT2D eigenvalue weighted by atomic mass is 16.4. The van der Waals surface area contributed by atoms with Crippen molar-refractivity contribution in [1.82, 2.24) is 20.1 Å². The quantitative estimate of drug-likeness (QED) is 0.860. The third kappa shape index (κ3) is 3.17. The molecule has 0 bridgehead atoms. The summed E-state index contributed by atoms with van der Waals surface area (Å²) in [7, 11) is 0. The minimum atomic E-state index is 0.401. The molecule has 0 aliphatic heterocycles. The second kappa shape index (κ2) is 5.14. The van der Waals surface area contributed by atoms with Crippen molar-refractivity contribution in [2.75, 3.05) is 0 Å². The van der Waals surface area contributed by atoms with E-state index in [0.717, 1.165) is 18.2 Å². The van der Waals surface area contributed by atoms with E-state index in [9.17, 15) is 0 Å². The fourth-order valence-corrected chi connectivity index (χ4v) is 1.55. The molecule has 0 aliphatic rings. The largest absolute Gasteiger partial charge is 0.445 e. The van der Waals surface area contributed by atoms with Gasteiger partial charge >= 0.3 is 0 Å². The Morgan fingerprint density at radius 2 is 2.18 bits per heavy atom. The van der Waals surface area contributed by atoms with Crippen LogP contribution in [-0.4, -0.2) is 14.8 Å². The summed E-state index contributed by atoms with van der Waals surface area (Å²) in [5.74, 6) is 1.56. The molecule has 0 aliphatic carbocycles. The van der Waals surface area contributed by atoms with Gasteiger partial charge in [0.2, 0.25) is 5.89 Å². The molecule has 2 aromatic heterocycles. The molecular formula is C12H18N4O. The number of rotatable bonds is 5. The van der Waals surface area contributed by atoms with E-state index in [1.54, 1.807) is 6.20 Å². The van der Waals surface area contributed by atoms with Crippen molar-refractivity contribution in [2.45, 2.75) is 39.9 Å². The molecular weight excluding hydrogens is 216 g/mol. The molecule has 5 heteroatoms. The van der Waals surface area contributed by atoms with Crippen molar-refractivity contribution in [3.63, 3.8) is 0 Å². The van der Waals surface area contributed by atoms with E-state index < -0.39 is 0 Å². The van der Waals surface area contributed by atoms with Gasteiger partial charge in [-0.1, -0.05) is 0 Å². The first kappa shape index (κ1) is 11.9. The third-order valence-corrected chi connectivity index (χ3v) is 2.46. The number of hydrogen-bond donors (Lipinski definition) is 1. The lowest BCUT2D eigenvalue weighted by molar-refractivity contribution is 0.449. The average molecular weight is 234 g/mol. The zero-order valence-corrected chi connectivity index (χ0v) is 10.5. The zero-order chi connectivity index (χ0) is 12.3. The molecule has 0 fully saturated rings. The third-order valence-electron chi connectivity index (χ3n) is 2.46. The Kier molecular flexibility index (Phi) is 3.58. The predicted molar refractivity (Wildman–Crippen MR) is 64.4 cm³/mol. The first-order valence-corrected chi connectivity index (χ1v) is 5.80. The van der Waals surface area contributed by atoms with Gasteiger partial charge in [0, 0.05) is 24.3 Å². The Bertz CT molecular complexity index is 472. The van der Waals surface area contributed by atoms with Crippen LogP contribution in [0.1, 0.15) is 37.1 Å². The summed E-state index contributed by atoms with van der Waals surface area (Å²) in [5.41, 5.74) is 1.17. The van der Waals surface area contributed by atoms with Gasteiger partial charge in [0.15, 0.2) is 0 Å². The number of aryl methyl sites for hydroxylation is 1. The number of nitrogens with zero attached hydrogens (tertiary/aromatic N) is 3. The van der Waals surface area contributed by atoms with E-state index in [0.29, 0.717) is 12.6 Å². The molecule has 1 N–H and O–H groups in total. The van der Waals surface area contributed by atoms with E-state index >= 15 is 0 Å². The number of aromatic nitrogens is 3. The maximum absolute atomic E-state index is 5.37. The van der Waals surface area contributed by atoms with Crippen LogP contribution in [0.15, 0.2) is 23.0 Å². The van der Waals surface area contributed by atoms with Gasteiger partial charge in [-0.25, -0.2) is 4.98 Å². The molecule has 2 heterocycles. The molecule has 0 saturated carbocycles. The van der Waals surface area contributed by atoms with Crippen LogP contribution in [0.5, 0.6) is 0 Å². The van der Waals surface area contributed by atoms with Crippen molar-refractivity contribution < 1.29 is 4.42 Å². The van der Waals surface area contributed by atoms with Crippen molar-refractivity contribution in [1.29, 1.82) is 0 Å². The fourth-order valence-electron chi connectivity index (χ4n) is 1.55. The Labute approximate surface area is 101 Å². The second-order valence-electron chi connectivity index (χ2n) is 4.39. The molecule has 0 atom stereocenters. The van der Waals surface area contributed by atoms with Crippen LogP contribution in [0.3, 0.4) is 0 Å². The van der Waals surface area contributed by atoms with Crippen LogP contribution < -0.4 is 5.32 Å². The lowest BCUT2D eigenvalue weighted by Gasteiger charge is -2.03. The normalized spacial score (nSPS) is 11.3. The highest BCUT2D eigenvalue weighted by Gasteiger charge is 2.03. The SMILES string of the molecule is Cc1cnc(CNCc2cnn(C(C)C)c2)o1. The van der Waals surface area contributed by atoms with Gasteiger partial charge in [-0.15, -0.1) is 0 Å². The first-order chi connectivity index (χ1) is 8.15. The summed E-state index contributed by atoms with van der Waals surface area (Å²) in [4.78, 5) is 4.13. The number of oxazole rings is 1. The van der Waals surface area contributed by atoms with Gasteiger partial charge in [-0.05, 0) is 20.8 Å². The fraction of sp³-hybridized carbons (Fsp3) is 0.500. The monoisotopic (exact) mass is 234 g/mol. The molecule has 0 saturated heterocycles. The van der Waals surface area contributed by atoms with Crippen molar-refractivity contribution in [2.24, 2.45) is 0 Å². The average Bonchev–Trinajstić information content (AvgIpc) is 2.88.